The summed E-state index contributed by atoms with van der Waals surface area (Å²) in [6.07, 6.45) is 1.40. The number of nitrogens with one attached hydrogen (secondary N) is 1. The number of benzene rings is 1. The van der Waals surface area contributed by atoms with Crippen LogP contribution in [0.25, 0.3) is 0 Å². The average Bonchev–Trinajstić information content (AvgIpc) is 2.48. The summed E-state index contributed by atoms with van der Waals surface area (Å²) in [6, 6.07) is 8.07. The molecule has 0 unspecified atom stereocenters. The summed E-state index contributed by atoms with van der Waals surface area (Å²) >= 11 is 0. The van der Waals surface area contributed by atoms with Gasteiger partial charge in [0.15, 0.2) is 0 Å². The van der Waals surface area contributed by atoms with Crippen LogP contribution in [0.15, 0.2) is 42.4 Å². The molecule has 1 aliphatic heterocycles. The van der Waals surface area contributed by atoms with E-state index in [9.17, 15) is 14.7 Å². The maximum absolute atomic E-state index is 11.9. The van der Waals surface area contributed by atoms with Crippen LogP contribution in [0.5, 0.6) is 0 Å². The minimum atomic E-state index is -1.10. The second-order valence-corrected chi connectivity index (χ2v) is 4.26. The molecule has 0 aliphatic carbocycles. The highest BCUT2D eigenvalue weighted by Gasteiger charge is 2.24. The second kappa shape index (κ2) is 6.60. The number of amides is 1. The van der Waals surface area contributed by atoms with Crippen molar-refractivity contribution in [1.82, 2.24) is 5.32 Å². The Morgan fingerprint density at radius 2 is 2.00 bits per heavy atom. The molecule has 1 atom stereocenters. The fourth-order valence-electron chi connectivity index (χ4n) is 1.77. The van der Waals surface area contributed by atoms with E-state index >= 15 is 0 Å². The fourth-order valence-corrected chi connectivity index (χ4v) is 1.77. The standard InChI is InChI=1S/C14H15NO5/c16-13(12-9-19-6-7-20-12)15-11(14(17)18)8-10-4-2-1-3-5-10/h1-5,9,11H,6-8H2,(H,15,16)(H,17,18)/t11-/m0/s1. The third kappa shape index (κ3) is 3.74. The Bertz CT molecular complexity index is 512. The molecule has 1 aliphatic rings. The van der Waals surface area contributed by atoms with Crippen LogP contribution in [0.1, 0.15) is 5.56 Å². The molecule has 20 heavy (non-hydrogen) atoms. The van der Waals surface area contributed by atoms with E-state index in [2.05, 4.69) is 5.32 Å². The molecule has 0 aromatic heterocycles. The van der Waals surface area contributed by atoms with Crippen molar-refractivity contribution in [2.24, 2.45) is 0 Å². The maximum Gasteiger partial charge on any atom is 0.326 e. The Morgan fingerprint density at radius 3 is 2.60 bits per heavy atom. The van der Waals surface area contributed by atoms with Gasteiger partial charge in [-0.1, -0.05) is 30.3 Å². The van der Waals surface area contributed by atoms with Gasteiger partial charge in [-0.3, -0.25) is 4.79 Å². The first-order chi connectivity index (χ1) is 9.66. The summed E-state index contributed by atoms with van der Waals surface area (Å²) in [6.45, 7) is 0.652. The smallest absolute Gasteiger partial charge is 0.326 e. The SMILES string of the molecule is O=C(N[C@@H](Cc1ccccc1)C(=O)O)C1=COCCO1. The number of hydrogen-bond donors (Lipinski definition) is 2. The molecule has 0 saturated heterocycles. The largest absolute Gasteiger partial charge is 0.494 e. The summed E-state index contributed by atoms with van der Waals surface area (Å²) in [4.78, 5) is 23.1. The lowest BCUT2D eigenvalue weighted by Crippen LogP contribution is -2.43. The number of aliphatic carboxylic acids is 1. The van der Waals surface area contributed by atoms with Crippen molar-refractivity contribution >= 4 is 11.9 Å². The van der Waals surface area contributed by atoms with Crippen LogP contribution in [0, 0.1) is 0 Å². The lowest BCUT2D eigenvalue weighted by molar-refractivity contribution is -0.141. The lowest BCUT2D eigenvalue weighted by atomic mass is 10.1. The Morgan fingerprint density at radius 1 is 1.25 bits per heavy atom. The number of carbonyl (C=O) groups is 2. The van der Waals surface area contributed by atoms with E-state index in [0.717, 1.165) is 5.56 Å². The van der Waals surface area contributed by atoms with Crippen LogP contribution in [-0.4, -0.2) is 36.2 Å². The molecule has 2 N–H and O–H groups in total. The van der Waals surface area contributed by atoms with Gasteiger partial charge >= 0.3 is 5.97 Å². The molecule has 6 nitrogen and oxygen atoms in total. The van der Waals surface area contributed by atoms with Gasteiger partial charge in [0.2, 0.25) is 5.76 Å². The molecule has 1 aromatic rings. The van der Waals surface area contributed by atoms with Crippen LogP contribution < -0.4 is 5.32 Å². The van der Waals surface area contributed by atoms with Crippen LogP contribution in [0.3, 0.4) is 0 Å². The minimum Gasteiger partial charge on any atom is -0.494 e. The quantitative estimate of drug-likeness (QED) is 0.827. The Balaban J connectivity index is 2.00. The number of hydrogen-bond acceptors (Lipinski definition) is 4. The number of carbonyl (C=O) groups excluding carboxylic acids is 1. The van der Waals surface area contributed by atoms with Gasteiger partial charge in [-0.15, -0.1) is 0 Å². The molecule has 6 heteroatoms. The van der Waals surface area contributed by atoms with Gasteiger partial charge in [0, 0.05) is 6.42 Å². The predicted octanol–water partition coefficient (Wildman–Crippen LogP) is 0.687. The van der Waals surface area contributed by atoms with Gasteiger partial charge in [-0.2, -0.15) is 0 Å². The fraction of sp³-hybridized carbons (Fsp3) is 0.286. The first-order valence-electron chi connectivity index (χ1n) is 6.19. The zero-order valence-electron chi connectivity index (χ0n) is 10.7. The van der Waals surface area contributed by atoms with Crippen LogP contribution in [0.2, 0.25) is 0 Å². The number of rotatable bonds is 5. The van der Waals surface area contributed by atoms with E-state index < -0.39 is 17.9 Å². The summed E-state index contributed by atoms with van der Waals surface area (Å²) in [5.74, 6) is -1.69. The lowest BCUT2D eigenvalue weighted by Gasteiger charge is -2.18. The van der Waals surface area contributed by atoms with Gasteiger partial charge in [-0.25, -0.2) is 4.79 Å². The number of ether oxygens (including phenoxy) is 2. The van der Waals surface area contributed by atoms with E-state index in [1.54, 1.807) is 0 Å². The number of carboxylic acids is 1. The third-order valence-electron chi connectivity index (χ3n) is 2.76. The van der Waals surface area contributed by atoms with Crippen molar-refractivity contribution in [2.75, 3.05) is 13.2 Å². The second-order valence-electron chi connectivity index (χ2n) is 4.26. The van der Waals surface area contributed by atoms with E-state index in [1.807, 2.05) is 30.3 Å². The van der Waals surface area contributed by atoms with Crippen molar-refractivity contribution < 1.29 is 24.2 Å². The Hall–Kier alpha value is -2.50. The van der Waals surface area contributed by atoms with E-state index in [0.29, 0.717) is 6.61 Å². The van der Waals surface area contributed by atoms with Crippen LogP contribution >= 0.6 is 0 Å². The average molecular weight is 277 g/mol. The van der Waals surface area contributed by atoms with Crippen molar-refractivity contribution in [3.05, 3.63) is 47.9 Å². The Labute approximate surface area is 116 Å². The van der Waals surface area contributed by atoms with Crippen molar-refractivity contribution in [3.63, 3.8) is 0 Å². The van der Waals surface area contributed by atoms with Crippen molar-refractivity contribution in [3.8, 4) is 0 Å². The third-order valence-corrected chi connectivity index (χ3v) is 2.76. The highest BCUT2D eigenvalue weighted by atomic mass is 16.6. The molecule has 1 aromatic carbocycles. The molecule has 0 bridgehead atoms. The zero-order valence-corrected chi connectivity index (χ0v) is 10.7. The molecule has 2 rings (SSSR count). The molecule has 0 spiro atoms. The first kappa shape index (κ1) is 13.9. The van der Waals surface area contributed by atoms with E-state index in [4.69, 9.17) is 9.47 Å². The van der Waals surface area contributed by atoms with Crippen LogP contribution in [0.4, 0.5) is 0 Å². The van der Waals surface area contributed by atoms with Crippen LogP contribution in [-0.2, 0) is 25.5 Å². The zero-order chi connectivity index (χ0) is 14.4. The summed E-state index contributed by atoms with van der Waals surface area (Å²) < 4.78 is 10.1. The molecule has 1 heterocycles. The maximum atomic E-state index is 11.9. The predicted molar refractivity (Wildman–Crippen MR) is 69.7 cm³/mol. The van der Waals surface area contributed by atoms with Crippen molar-refractivity contribution in [1.29, 1.82) is 0 Å². The van der Waals surface area contributed by atoms with E-state index in [1.165, 1.54) is 6.26 Å². The van der Waals surface area contributed by atoms with Crippen molar-refractivity contribution in [2.45, 2.75) is 12.5 Å². The molecule has 0 saturated carbocycles. The molecule has 0 radical (unpaired) electrons. The monoisotopic (exact) mass is 277 g/mol. The summed E-state index contributed by atoms with van der Waals surface area (Å²) in [5, 5.41) is 11.6. The van der Waals surface area contributed by atoms with Gasteiger partial charge in [0.05, 0.1) is 0 Å². The van der Waals surface area contributed by atoms with Gasteiger partial charge in [-0.05, 0) is 5.56 Å². The first-order valence-corrected chi connectivity index (χ1v) is 6.19. The minimum absolute atomic E-state index is 0.00411. The number of carboxylic acid groups (broad SMARTS) is 1. The highest BCUT2D eigenvalue weighted by Crippen LogP contribution is 2.07. The molecular formula is C14H15NO5. The summed E-state index contributed by atoms with van der Waals surface area (Å²) in [7, 11) is 0. The van der Waals surface area contributed by atoms with Gasteiger partial charge in [0.25, 0.3) is 5.91 Å². The molecular weight excluding hydrogens is 262 g/mol. The van der Waals surface area contributed by atoms with E-state index in [-0.39, 0.29) is 18.8 Å². The molecule has 106 valence electrons. The van der Waals surface area contributed by atoms with Gasteiger partial charge in [0.1, 0.15) is 25.5 Å². The molecule has 1 amide bonds. The normalized spacial score (nSPS) is 15.3. The Kier molecular flexibility index (Phi) is 4.60. The summed E-state index contributed by atoms with van der Waals surface area (Å²) in [5.41, 5.74) is 0.829. The highest BCUT2D eigenvalue weighted by molar-refractivity contribution is 5.94. The topological polar surface area (TPSA) is 84.9 Å². The van der Waals surface area contributed by atoms with Gasteiger partial charge < -0.3 is 19.9 Å². The molecule has 0 fully saturated rings.